The zero-order valence-corrected chi connectivity index (χ0v) is 23.5. The van der Waals surface area contributed by atoms with E-state index in [1.54, 1.807) is 13.0 Å². The largest absolute Gasteiger partial charge is 0.513 e. The molecule has 1 rings (SSSR count). The molecule has 0 unspecified atom stereocenters. The Morgan fingerprint density at radius 3 is 1.95 bits per heavy atom. The summed E-state index contributed by atoms with van der Waals surface area (Å²) in [4.78, 5) is 48.3. The van der Waals surface area contributed by atoms with Crippen molar-refractivity contribution >= 4 is 24.2 Å². The van der Waals surface area contributed by atoms with Crippen LogP contribution in [0, 0.1) is 0 Å². The molecule has 0 aliphatic heterocycles. The highest BCUT2D eigenvalue weighted by molar-refractivity contribution is 5.76. The molecule has 0 heterocycles. The van der Waals surface area contributed by atoms with Crippen LogP contribution in [0.3, 0.4) is 0 Å². The standard InChI is InChI=1S/C28H43NO10/c1-5-8-10-15-34-27(32)38-23-14-13-21(18-24(23)39-28(33)35-16-11-9-6-2)17-22(29)26(31)37-20(4)19-36-25(30)12-7-3/h13-14,18,20,22H,5-12,15-17,19,29H2,1-4H3/t20-,22-/m0/s1. The van der Waals surface area contributed by atoms with Crippen LogP contribution in [0.25, 0.3) is 0 Å². The van der Waals surface area contributed by atoms with Gasteiger partial charge in [-0.2, -0.15) is 0 Å². The zero-order chi connectivity index (χ0) is 29.0. The minimum absolute atomic E-state index is 0.0326. The first-order chi connectivity index (χ1) is 18.7. The lowest BCUT2D eigenvalue weighted by molar-refractivity contribution is -0.159. The molecule has 11 heteroatoms. The van der Waals surface area contributed by atoms with Gasteiger partial charge in [-0.25, -0.2) is 9.59 Å². The van der Waals surface area contributed by atoms with Crippen LogP contribution in [0.1, 0.15) is 84.6 Å². The first-order valence-electron chi connectivity index (χ1n) is 13.6. The third-order valence-corrected chi connectivity index (χ3v) is 5.34. The number of hydrogen-bond acceptors (Lipinski definition) is 11. The van der Waals surface area contributed by atoms with Crippen LogP contribution in [0.4, 0.5) is 9.59 Å². The van der Waals surface area contributed by atoms with Crippen molar-refractivity contribution in [3.63, 3.8) is 0 Å². The molecule has 1 aromatic carbocycles. The second kappa shape index (κ2) is 19.7. The van der Waals surface area contributed by atoms with Crippen LogP contribution in [0.5, 0.6) is 11.5 Å². The van der Waals surface area contributed by atoms with E-state index in [0.29, 0.717) is 24.8 Å². The van der Waals surface area contributed by atoms with Gasteiger partial charge in [0.05, 0.1) is 13.2 Å². The van der Waals surface area contributed by atoms with E-state index < -0.39 is 30.4 Å². The maximum atomic E-state index is 12.4. The second-order valence-electron chi connectivity index (χ2n) is 9.09. The van der Waals surface area contributed by atoms with Gasteiger partial charge >= 0.3 is 24.2 Å². The molecule has 11 nitrogen and oxygen atoms in total. The quantitative estimate of drug-likeness (QED) is 0.110. The van der Waals surface area contributed by atoms with Crippen molar-refractivity contribution in [2.45, 2.75) is 97.6 Å². The summed E-state index contributed by atoms with van der Waals surface area (Å²) < 4.78 is 31.0. The molecule has 0 aromatic heterocycles. The van der Waals surface area contributed by atoms with Gasteiger partial charge in [0, 0.05) is 6.42 Å². The maximum absolute atomic E-state index is 12.4. The summed E-state index contributed by atoms with van der Waals surface area (Å²) in [6.07, 6.45) is 3.53. The molecule has 220 valence electrons. The fraction of sp³-hybridized carbons (Fsp3) is 0.643. The first-order valence-corrected chi connectivity index (χ1v) is 13.6. The first kappa shape index (κ1) is 33.7. The van der Waals surface area contributed by atoms with Gasteiger partial charge in [0.25, 0.3) is 0 Å². The SMILES string of the molecule is CCCCCOC(=O)Oc1ccc(C[C@H](N)C(=O)O[C@@H](C)COC(=O)CCC)cc1OC(=O)OCCCCC. The topological polar surface area (TPSA) is 150 Å². The number of carbonyl (C=O) groups is 4. The van der Waals surface area contributed by atoms with E-state index in [1.165, 1.54) is 12.1 Å². The normalized spacial score (nSPS) is 12.1. The average molecular weight is 554 g/mol. The minimum atomic E-state index is -1.05. The Kier molecular flexibility index (Phi) is 17.0. The lowest BCUT2D eigenvalue weighted by atomic mass is 10.1. The molecular formula is C28H43NO10. The van der Waals surface area contributed by atoms with Crippen LogP contribution >= 0.6 is 0 Å². The Bertz CT molecular complexity index is 904. The predicted molar refractivity (Wildman–Crippen MR) is 143 cm³/mol. The molecule has 2 atom stereocenters. The van der Waals surface area contributed by atoms with E-state index in [4.69, 9.17) is 34.2 Å². The molecule has 2 N–H and O–H groups in total. The lowest BCUT2D eigenvalue weighted by Gasteiger charge is -2.17. The van der Waals surface area contributed by atoms with Gasteiger partial charge in [0.2, 0.25) is 0 Å². The third kappa shape index (κ3) is 15.0. The van der Waals surface area contributed by atoms with Gasteiger partial charge < -0.3 is 34.2 Å². The van der Waals surface area contributed by atoms with E-state index in [-0.39, 0.29) is 50.1 Å². The van der Waals surface area contributed by atoms with Crippen LogP contribution in [-0.2, 0) is 35.0 Å². The van der Waals surface area contributed by atoms with E-state index in [2.05, 4.69) is 0 Å². The monoisotopic (exact) mass is 553 g/mol. The van der Waals surface area contributed by atoms with Gasteiger partial charge in [-0.3, -0.25) is 9.59 Å². The number of esters is 2. The van der Waals surface area contributed by atoms with E-state index in [0.717, 1.165) is 25.7 Å². The number of carbonyl (C=O) groups excluding carboxylic acids is 4. The van der Waals surface area contributed by atoms with Crippen LogP contribution in [0.2, 0.25) is 0 Å². The van der Waals surface area contributed by atoms with Gasteiger partial charge in [0.1, 0.15) is 18.8 Å². The third-order valence-electron chi connectivity index (χ3n) is 5.34. The number of benzene rings is 1. The number of ether oxygens (including phenoxy) is 6. The molecule has 0 radical (unpaired) electrons. The van der Waals surface area contributed by atoms with Crippen LogP contribution in [-0.4, -0.2) is 56.2 Å². The number of unbranched alkanes of at least 4 members (excludes halogenated alkanes) is 4. The van der Waals surface area contributed by atoms with Gasteiger partial charge in [-0.05, 0) is 50.3 Å². The van der Waals surface area contributed by atoms with Crippen molar-refractivity contribution in [3.8, 4) is 11.5 Å². The molecule has 0 spiro atoms. The van der Waals surface area contributed by atoms with Crippen molar-refractivity contribution in [1.82, 2.24) is 0 Å². The summed E-state index contributed by atoms with van der Waals surface area (Å²) >= 11 is 0. The van der Waals surface area contributed by atoms with Gasteiger partial charge in [0.15, 0.2) is 11.5 Å². The molecule has 0 saturated carbocycles. The number of hydrogen-bond donors (Lipinski definition) is 1. The van der Waals surface area contributed by atoms with Gasteiger partial charge in [-0.15, -0.1) is 0 Å². The molecule has 0 amide bonds. The van der Waals surface area contributed by atoms with Crippen molar-refractivity contribution in [1.29, 1.82) is 0 Å². The Balaban J connectivity index is 2.84. The molecular weight excluding hydrogens is 510 g/mol. The molecule has 0 saturated heterocycles. The van der Waals surface area contributed by atoms with E-state index in [1.807, 2.05) is 20.8 Å². The number of rotatable bonds is 18. The second-order valence-corrected chi connectivity index (χ2v) is 9.09. The zero-order valence-electron chi connectivity index (χ0n) is 23.5. The molecule has 0 aliphatic carbocycles. The minimum Gasteiger partial charge on any atom is -0.462 e. The van der Waals surface area contributed by atoms with Crippen molar-refractivity contribution in [3.05, 3.63) is 23.8 Å². The highest BCUT2D eigenvalue weighted by atomic mass is 16.7. The van der Waals surface area contributed by atoms with Crippen molar-refractivity contribution in [2.24, 2.45) is 5.73 Å². The summed E-state index contributed by atoms with van der Waals surface area (Å²) in [6.45, 7) is 7.82. The average Bonchev–Trinajstić information content (AvgIpc) is 2.89. The van der Waals surface area contributed by atoms with Crippen molar-refractivity contribution < 1.29 is 47.6 Å². The van der Waals surface area contributed by atoms with E-state index in [9.17, 15) is 19.2 Å². The lowest BCUT2D eigenvalue weighted by Crippen LogP contribution is -2.37. The molecule has 39 heavy (non-hydrogen) atoms. The Morgan fingerprint density at radius 1 is 0.795 bits per heavy atom. The smallest absolute Gasteiger partial charge is 0.462 e. The molecule has 0 aliphatic rings. The van der Waals surface area contributed by atoms with Gasteiger partial charge in [-0.1, -0.05) is 52.5 Å². The van der Waals surface area contributed by atoms with Crippen molar-refractivity contribution in [2.75, 3.05) is 19.8 Å². The predicted octanol–water partition coefficient (Wildman–Crippen LogP) is 5.24. The Labute approximate surface area is 230 Å². The molecule has 1 aromatic rings. The highest BCUT2D eigenvalue weighted by Crippen LogP contribution is 2.30. The summed E-state index contributed by atoms with van der Waals surface area (Å²) in [6, 6.07) is 3.36. The molecule has 0 fully saturated rings. The Morgan fingerprint density at radius 2 is 1.38 bits per heavy atom. The summed E-state index contributed by atoms with van der Waals surface area (Å²) in [5.74, 6) is -1.20. The Hall–Kier alpha value is -3.34. The van der Waals surface area contributed by atoms with Crippen LogP contribution < -0.4 is 15.2 Å². The molecule has 0 bridgehead atoms. The summed E-state index contributed by atoms with van der Waals surface area (Å²) in [7, 11) is 0. The fourth-order valence-corrected chi connectivity index (χ4v) is 3.24. The van der Waals surface area contributed by atoms with E-state index >= 15 is 0 Å². The maximum Gasteiger partial charge on any atom is 0.513 e. The summed E-state index contributed by atoms with van der Waals surface area (Å²) in [5, 5.41) is 0. The fourth-order valence-electron chi connectivity index (χ4n) is 3.24. The van der Waals surface area contributed by atoms with Crippen LogP contribution in [0.15, 0.2) is 18.2 Å². The highest BCUT2D eigenvalue weighted by Gasteiger charge is 2.22. The number of nitrogens with two attached hydrogens (primary N) is 1. The summed E-state index contributed by atoms with van der Waals surface area (Å²) in [5.41, 5.74) is 6.54.